The number of nitrogens with one attached hydrogen (secondary N) is 2. The number of hydrogen-bond donors (Lipinski definition) is 2. The third kappa shape index (κ3) is 7.18. The molecule has 0 unspecified atom stereocenters. The number of hydrogen-bond acceptors (Lipinski definition) is 5. The van der Waals surface area contributed by atoms with Crippen LogP contribution in [0.5, 0.6) is 0 Å². The number of rotatable bonds is 6. The van der Waals surface area contributed by atoms with Gasteiger partial charge in [-0.05, 0) is 63.5 Å². The molecule has 8 heteroatoms. The summed E-state index contributed by atoms with van der Waals surface area (Å²) in [6.45, 7) is 8.57. The smallest absolute Gasteiger partial charge is 0.191 e. The van der Waals surface area contributed by atoms with Gasteiger partial charge in [-0.15, -0.1) is 24.0 Å². The van der Waals surface area contributed by atoms with E-state index in [9.17, 15) is 0 Å². The van der Waals surface area contributed by atoms with Crippen molar-refractivity contribution >= 4 is 35.8 Å². The molecule has 0 spiro atoms. The zero-order valence-electron chi connectivity index (χ0n) is 20.7. The molecule has 0 bridgehead atoms. The molecule has 33 heavy (non-hydrogen) atoms. The van der Waals surface area contributed by atoms with Crippen LogP contribution in [-0.2, 0) is 6.54 Å². The third-order valence-corrected chi connectivity index (χ3v) is 7.72. The van der Waals surface area contributed by atoms with E-state index in [4.69, 9.17) is 0 Å². The number of anilines is 1. The van der Waals surface area contributed by atoms with Crippen molar-refractivity contribution < 1.29 is 0 Å². The molecule has 0 aromatic carbocycles. The Balaban J connectivity index is 0.00000306. The Bertz CT molecular complexity index is 736. The second-order valence-corrected chi connectivity index (χ2v) is 9.92. The number of piperidine rings is 1. The zero-order chi connectivity index (χ0) is 22.2. The van der Waals surface area contributed by atoms with Gasteiger partial charge in [0.15, 0.2) is 5.96 Å². The summed E-state index contributed by atoms with van der Waals surface area (Å²) in [5.74, 6) is 2.00. The fourth-order valence-electron chi connectivity index (χ4n) is 5.62. The highest BCUT2D eigenvalue weighted by atomic mass is 127. The topological polar surface area (TPSA) is 59.0 Å². The van der Waals surface area contributed by atoms with Crippen LogP contribution in [0.2, 0.25) is 0 Å². The molecule has 7 nitrogen and oxygen atoms in total. The van der Waals surface area contributed by atoms with Crippen LogP contribution >= 0.6 is 24.0 Å². The molecule has 0 atom stereocenters. The number of likely N-dealkylation sites (tertiary alicyclic amines) is 1. The Morgan fingerprint density at radius 3 is 2.36 bits per heavy atom. The van der Waals surface area contributed by atoms with Gasteiger partial charge in [-0.1, -0.05) is 25.7 Å². The average molecular weight is 570 g/mol. The number of aliphatic imine (C=N–C) groups is 1. The van der Waals surface area contributed by atoms with Crippen molar-refractivity contribution in [2.45, 2.75) is 63.5 Å². The summed E-state index contributed by atoms with van der Waals surface area (Å²) >= 11 is 0. The summed E-state index contributed by atoms with van der Waals surface area (Å²) in [7, 11) is 4.07. The molecule has 186 valence electrons. The highest BCUT2D eigenvalue weighted by molar-refractivity contribution is 14.0. The Hall–Kier alpha value is -1.13. The third-order valence-electron chi connectivity index (χ3n) is 7.72. The fraction of sp³-hybridized carbons (Fsp3) is 0.760. The van der Waals surface area contributed by atoms with Crippen LogP contribution in [0, 0.1) is 0 Å². The summed E-state index contributed by atoms with van der Waals surface area (Å²) < 4.78 is 0. The van der Waals surface area contributed by atoms with E-state index in [0.717, 1.165) is 51.0 Å². The van der Waals surface area contributed by atoms with E-state index in [2.05, 4.69) is 54.5 Å². The van der Waals surface area contributed by atoms with Gasteiger partial charge >= 0.3 is 0 Å². The molecule has 3 aliphatic rings. The predicted molar refractivity (Wildman–Crippen MR) is 149 cm³/mol. The average Bonchev–Trinajstić information content (AvgIpc) is 2.86. The first-order chi connectivity index (χ1) is 15.7. The normalized spacial score (nSPS) is 22.5. The predicted octanol–water partition coefficient (Wildman–Crippen LogP) is 3.31. The minimum atomic E-state index is 0. The van der Waals surface area contributed by atoms with E-state index in [1.807, 2.05) is 13.2 Å². The molecular formula is C25H44IN7. The van der Waals surface area contributed by atoms with Crippen LogP contribution in [-0.4, -0.2) is 86.2 Å². The number of nitrogens with zero attached hydrogens (tertiary/aromatic N) is 5. The first-order valence-corrected chi connectivity index (χ1v) is 12.8. The molecule has 0 amide bonds. The summed E-state index contributed by atoms with van der Waals surface area (Å²) in [6, 6.07) is 4.33. The summed E-state index contributed by atoms with van der Waals surface area (Å²) in [6.07, 6.45) is 12.8. The van der Waals surface area contributed by atoms with Crippen LogP contribution in [0.25, 0.3) is 0 Å². The van der Waals surface area contributed by atoms with E-state index in [1.54, 1.807) is 0 Å². The maximum Gasteiger partial charge on any atom is 0.191 e. The van der Waals surface area contributed by atoms with Crippen molar-refractivity contribution in [3.63, 3.8) is 0 Å². The van der Waals surface area contributed by atoms with E-state index in [0.29, 0.717) is 5.54 Å². The molecule has 3 fully saturated rings. The Morgan fingerprint density at radius 2 is 1.67 bits per heavy atom. The SMILES string of the molecule is CN=C(NCc1ccnc(N2CCN(C)CC2)c1)NCC1(N2CCCCC2)CCCCC1.I. The van der Waals surface area contributed by atoms with Gasteiger partial charge in [0.2, 0.25) is 0 Å². The molecule has 1 aliphatic carbocycles. The van der Waals surface area contributed by atoms with Gasteiger partial charge in [0, 0.05) is 58.1 Å². The Kier molecular flexibility index (Phi) is 10.5. The Labute approximate surface area is 217 Å². The first kappa shape index (κ1) is 26.5. The van der Waals surface area contributed by atoms with Gasteiger partial charge in [-0.3, -0.25) is 9.89 Å². The lowest BCUT2D eigenvalue weighted by Gasteiger charge is -2.48. The largest absolute Gasteiger partial charge is 0.355 e. The van der Waals surface area contributed by atoms with Crippen LogP contribution in [0.1, 0.15) is 56.9 Å². The van der Waals surface area contributed by atoms with Crippen LogP contribution in [0.4, 0.5) is 5.82 Å². The van der Waals surface area contributed by atoms with Crippen LogP contribution < -0.4 is 15.5 Å². The number of guanidine groups is 1. The summed E-state index contributed by atoms with van der Waals surface area (Å²) in [4.78, 5) is 16.7. The lowest BCUT2D eigenvalue weighted by Crippen LogP contribution is -2.59. The van der Waals surface area contributed by atoms with E-state index >= 15 is 0 Å². The quantitative estimate of drug-likeness (QED) is 0.312. The van der Waals surface area contributed by atoms with E-state index < -0.39 is 0 Å². The van der Waals surface area contributed by atoms with Gasteiger partial charge in [0.05, 0.1) is 0 Å². The minimum Gasteiger partial charge on any atom is -0.355 e. The van der Waals surface area contributed by atoms with Gasteiger partial charge in [-0.2, -0.15) is 0 Å². The lowest BCUT2D eigenvalue weighted by molar-refractivity contribution is 0.0368. The van der Waals surface area contributed by atoms with Gasteiger partial charge in [0.1, 0.15) is 5.82 Å². The van der Waals surface area contributed by atoms with Gasteiger partial charge < -0.3 is 20.4 Å². The van der Waals surface area contributed by atoms with Crippen LogP contribution in [0.3, 0.4) is 0 Å². The summed E-state index contributed by atoms with van der Waals surface area (Å²) in [5, 5.41) is 7.24. The van der Waals surface area contributed by atoms with Crippen molar-refractivity contribution in [3.8, 4) is 0 Å². The number of likely N-dealkylation sites (N-methyl/N-ethyl adjacent to an activating group) is 1. The maximum atomic E-state index is 4.62. The highest BCUT2D eigenvalue weighted by Gasteiger charge is 2.38. The van der Waals surface area contributed by atoms with Crippen molar-refractivity contribution in [2.75, 3.05) is 64.8 Å². The lowest BCUT2D eigenvalue weighted by atomic mass is 9.79. The van der Waals surface area contributed by atoms with E-state index in [-0.39, 0.29) is 24.0 Å². The molecule has 1 saturated carbocycles. The first-order valence-electron chi connectivity index (χ1n) is 12.8. The highest BCUT2D eigenvalue weighted by Crippen LogP contribution is 2.35. The number of pyridine rings is 1. The van der Waals surface area contributed by atoms with Gasteiger partial charge in [0.25, 0.3) is 0 Å². The second-order valence-electron chi connectivity index (χ2n) is 9.92. The number of aromatic nitrogens is 1. The molecule has 1 aromatic heterocycles. The zero-order valence-corrected chi connectivity index (χ0v) is 23.0. The number of piperazine rings is 1. The molecule has 2 saturated heterocycles. The molecule has 0 radical (unpaired) electrons. The molecule has 1 aromatic rings. The summed E-state index contributed by atoms with van der Waals surface area (Å²) in [5.41, 5.74) is 1.56. The molecular weight excluding hydrogens is 525 g/mol. The number of halogens is 1. The monoisotopic (exact) mass is 569 g/mol. The van der Waals surface area contributed by atoms with Gasteiger partial charge in [-0.25, -0.2) is 4.98 Å². The molecule has 3 heterocycles. The second kappa shape index (κ2) is 13.1. The molecule has 2 aliphatic heterocycles. The van der Waals surface area contributed by atoms with Crippen molar-refractivity contribution in [3.05, 3.63) is 23.9 Å². The van der Waals surface area contributed by atoms with Crippen LogP contribution in [0.15, 0.2) is 23.3 Å². The van der Waals surface area contributed by atoms with Crippen molar-refractivity contribution in [1.82, 2.24) is 25.4 Å². The van der Waals surface area contributed by atoms with Crippen molar-refractivity contribution in [1.29, 1.82) is 0 Å². The molecule has 2 N–H and O–H groups in total. The Morgan fingerprint density at radius 1 is 0.970 bits per heavy atom. The fourth-order valence-corrected chi connectivity index (χ4v) is 5.62. The maximum absolute atomic E-state index is 4.62. The van der Waals surface area contributed by atoms with Crippen molar-refractivity contribution in [2.24, 2.45) is 4.99 Å². The molecule has 4 rings (SSSR count). The minimum absolute atomic E-state index is 0. The van der Waals surface area contributed by atoms with E-state index in [1.165, 1.54) is 70.0 Å². The standard InChI is InChI=1S/C25H43N7.HI/c1-26-24(29-21-25(10-5-3-6-11-25)32-13-7-4-8-14-32)28-20-22-9-12-27-23(19-22)31-17-15-30(2)16-18-31;/h9,12,19H,3-8,10-11,13-18,20-21H2,1-2H3,(H2,26,28,29);1H.